The van der Waals surface area contributed by atoms with Gasteiger partial charge in [0.1, 0.15) is 5.37 Å². The van der Waals surface area contributed by atoms with Crippen LogP contribution in [0.5, 0.6) is 0 Å². The van der Waals surface area contributed by atoms with E-state index in [0.717, 1.165) is 12.3 Å². The third kappa shape index (κ3) is 2.68. The Morgan fingerprint density at radius 1 is 1.30 bits per heavy atom. The number of piperidine rings is 1. The first kappa shape index (κ1) is 13.5. The van der Waals surface area contributed by atoms with Crippen LogP contribution >= 0.6 is 11.8 Å². The molecule has 5 heteroatoms. The molecule has 3 rings (SSSR count). The molecule has 20 heavy (non-hydrogen) atoms. The van der Waals surface area contributed by atoms with Gasteiger partial charge in [0.25, 0.3) is 0 Å². The van der Waals surface area contributed by atoms with Crippen molar-refractivity contribution in [2.24, 2.45) is 5.92 Å². The van der Waals surface area contributed by atoms with Crippen LogP contribution in [0.1, 0.15) is 23.8 Å². The molecular formula is C15H18N2O2S. The summed E-state index contributed by atoms with van der Waals surface area (Å²) in [6, 6.07) is 10.2. The van der Waals surface area contributed by atoms with Gasteiger partial charge in [0.05, 0.1) is 5.92 Å². The van der Waals surface area contributed by atoms with Crippen LogP contribution in [0.4, 0.5) is 0 Å². The van der Waals surface area contributed by atoms with Crippen LogP contribution in [0, 0.1) is 5.92 Å². The first-order valence-corrected chi connectivity index (χ1v) is 8.04. The van der Waals surface area contributed by atoms with Crippen molar-refractivity contribution in [2.45, 2.75) is 18.2 Å². The summed E-state index contributed by atoms with van der Waals surface area (Å²) in [5.74, 6) is 1.16. The van der Waals surface area contributed by atoms with Crippen molar-refractivity contribution >= 4 is 23.6 Å². The first-order chi connectivity index (χ1) is 9.75. The van der Waals surface area contributed by atoms with Gasteiger partial charge >= 0.3 is 0 Å². The number of carbonyl (C=O) groups is 2. The van der Waals surface area contributed by atoms with Crippen molar-refractivity contribution in [3.05, 3.63) is 35.9 Å². The molecule has 2 amide bonds. The summed E-state index contributed by atoms with van der Waals surface area (Å²) >= 11 is 1.81. The Hall–Kier alpha value is -1.49. The average molecular weight is 290 g/mol. The highest BCUT2D eigenvalue weighted by Crippen LogP contribution is 2.38. The SMILES string of the molecule is O=C1CCC(C(=O)N2CCSC2c2ccccc2)CN1. The van der Waals surface area contributed by atoms with Crippen LogP contribution in [-0.4, -0.2) is 35.6 Å². The fraction of sp³-hybridized carbons (Fsp3) is 0.467. The fourth-order valence-corrected chi connectivity index (χ4v) is 4.03. The maximum Gasteiger partial charge on any atom is 0.228 e. The molecule has 2 atom stereocenters. The molecule has 1 N–H and O–H groups in total. The van der Waals surface area contributed by atoms with Gasteiger partial charge in [-0.3, -0.25) is 9.59 Å². The molecule has 2 aliphatic rings. The topological polar surface area (TPSA) is 49.4 Å². The van der Waals surface area contributed by atoms with Crippen molar-refractivity contribution < 1.29 is 9.59 Å². The second-order valence-electron chi connectivity index (χ2n) is 5.21. The zero-order valence-corrected chi connectivity index (χ0v) is 12.1. The summed E-state index contributed by atoms with van der Waals surface area (Å²) in [7, 11) is 0. The second-order valence-corrected chi connectivity index (χ2v) is 6.39. The monoisotopic (exact) mass is 290 g/mol. The molecule has 2 saturated heterocycles. The normalized spacial score (nSPS) is 26.4. The van der Waals surface area contributed by atoms with Gasteiger partial charge in [0, 0.05) is 25.3 Å². The molecule has 2 heterocycles. The van der Waals surface area contributed by atoms with E-state index in [1.54, 1.807) is 0 Å². The van der Waals surface area contributed by atoms with Crippen molar-refractivity contribution in [1.29, 1.82) is 0 Å². The lowest BCUT2D eigenvalue weighted by Gasteiger charge is -2.30. The number of rotatable bonds is 2. The molecule has 1 aromatic rings. The number of amides is 2. The lowest BCUT2D eigenvalue weighted by molar-refractivity contribution is -0.137. The number of nitrogens with zero attached hydrogens (tertiary/aromatic N) is 1. The van der Waals surface area contributed by atoms with E-state index >= 15 is 0 Å². The number of thioether (sulfide) groups is 1. The molecule has 0 aromatic heterocycles. The Morgan fingerprint density at radius 3 is 2.80 bits per heavy atom. The molecule has 4 nitrogen and oxygen atoms in total. The highest BCUT2D eigenvalue weighted by Gasteiger charge is 2.35. The van der Waals surface area contributed by atoms with E-state index in [-0.39, 0.29) is 23.1 Å². The Labute approximate surface area is 122 Å². The Morgan fingerprint density at radius 2 is 2.10 bits per heavy atom. The van der Waals surface area contributed by atoms with E-state index in [4.69, 9.17) is 0 Å². The Balaban J connectivity index is 1.72. The van der Waals surface area contributed by atoms with Crippen LogP contribution in [0.15, 0.2) is 30.3 Å². The van der Waals surface area contributed by atoms with Crippen molar-refractivity contribution in [3.8, 4) is 0 Å². The lowest BCUT2D eigenvalue weighted by Crippen LogP contribution is -2.44. The van der Waals surface area contributed by atoms with Crippen molar-refractivity contribution in [2.75, 3.05) is 18.8 Å². The molecule has 0 saturated carbocycles. The standard InChI is InChI=1S/C15H18N2O2S/c18-13-7-6-12(10-16-13)14(19)17-8-9-20-15(17)11-4-2-1-3-5-11/h1-5,12,15H,6-10H2,(H,16,18). The van der Waals surface area contributed by atoms with Gasteiger partial charge in [-0.05, 0) is 12.0 Å². The van der Waals surface area contributed by atoms with Crippen LogP contribution in [0.2, 0.25) is 0 Å². The average Bonchev–Trinajstić information content (AvgIpc) is 2.97. The number of hydrogen-bond acceptors (Lipinski definition) is 3. The zero-order valence-electron chi connectivity index (χ0n) is 11.2. The predicted molar refractivity (Wildman–Crippen MR) is 79.1 cm³/mol. The number of nitrogens with one attached hydrogen (secondary N) is 1. The molecule has 0 spiro atoms. The Bertz CT molecular complexity index is 496. The molecule has 0 radical (unpaired) electrons. The molecule has 2 unspecified atom stereocenters. The summed E-state index contributed by atoms with van der Waals surface area (Å²) in [5.41, 5.74) is 1.18. The second kappa shape index (κ2) is 5.87. The number of hydrogen-bond donors (Lipinski definition) is 1. The number of carbonyl (C=O) groups excluding carboxylic acids is 2. The quantitative estimate of drug-likeness (QED) is 0.903. The third-order valence-electron chi connectivity index (χ3n) is 3.87. The molecular weight excluding hydrogens is 272 g/mol. The molecule has 1 aromatic carbocycles. The third-order valence-corrected chi connectivity index (χ3v) is 5.13. The molecule has 0 bridgehead atoms. The van der Waals surface area contributed by atoms with E-state index in [1.807, 2.05) is 34.9 Å². The smallest absolute Gasteiger partial charge is 0.228 e. The molecule has 106 valence electrons. The Kier molecular flexibility index (Phi) is 3.96. The van der Waals surface area contributed by atoms with Gasteiger partial charge in [-0.1, -0.05) is 30.3 Å². The summed E-state index contributed by atoms with van der Waals surface area (Å²) < 4.78 is 0. The maximum atomic E-state index is 12.7. The van der Waals surface area contributed by atoms with Gasteiger partial charge in [0.15, 0.2) is 0 Å². The lowest BCUT2D eigenvalue weighted by atomic mass is 9.97. The van der Waals surface area contributed by atoms with Gasteiger partial charge in [-0.2, -0.15) is 0 Å². The molecule has 2 fully saturated rings. The van der Waals surface area contributed by atoms with E-state index in [2.05, 4.69) is 17.4 Å². The fourth-order valence-electron chi connectivity index (χ4n) is 2.77. The highest BCUT2D eigenvalue weighted by molar-refractivity contribution is 7.99. The van der Waals surface area contributed by atoms with E-state index in [1.165, 1.54) is 5.56 Å². The van der Waals surface area contributed by atoms with Gasteiger partial charge < -0.3 is 10.2 Å². The first-order valence-electron chi connectivity index (χ1n) is 6.99. The summed E-state index contributed by atoms with van der Waals surface area (Å²) in [4.78, 5) is 25.8. The van der Waals surface area contributed by atoms with Gasteiger partial charge in [-0.25, -0.2) is 0 Å². The molecule has 0 aliphatic carbocycles. The largest absolute Gasteiger partial charge is 0.355 e. The van der Waals surface area contributed by atoms with Crippen LogP contribution < -0.4 is 5.32 Å². The van der Waals surface area contributed by atoms with Crippen molar-refractivity contribution in [1.82, 2.24) is 10.2 Å². The van der Waals surface area contributed by atoms with Crippen LogP contribution in [0.3, 0.4) is 0 Å². The van der Waals surface area contributed by atoms with Gasteiger partial charge in [0.2, 0.25) is 11.8 Å². The predicted octanol–water partition coefficient (Wildman–Crippen LogP) is 1.79. The van der Waals surface area contributed by atoms with Crippen LogP contribution in [0.25, 0.3) is 0 Å². The summed E-state index contributed by atoms with van der Waals surface area (Å²) in [5, 5.41) is 2.92. The maximum absolute atomic E-state index is 12.7. The van der Waals surface area contributed by atoms with E-state index in [0.29, 0.717) is 19.4 Å². The zero-order chi connectivity index (χ0) is 13.9. The summed E-state index contributed by atoms with van der Waals surface area (Å²) in [6.45, 7) is 1.29. The minimum absolute atomic E-state index is 0.0578. The highest BCUT2D eigenvalue weighted by atomic mass is 32.2. The number of benzene rings is 1. The van der Waals surface area contributed by atoms with E-state index < -0.39 is 0 Å². The van der Waals surface area contributed by atoms with Gasteiger partial charge in [-0.15, -0.1) is 11.8 Å². The van der Waals surface area contributed by atoms with Crippen molar-refractivity contribution in [3.63, 3.8) is 0 Å². The molecule has 2 aliphatic heterocycles. The summed E-state index contributed by atoms with van der Waals surface area (Å²) in [6.07, 6.45) is 1.14. The minimum Gasteiger partial charge on any atom is -0.355 e. The van der Waals surface area contributed by atoms with E-state index in [9.17, 15) is 9.59 Å². The minimum atomic E-state index is -0.0578. The van der Waals surface area contributed by atoms with Crippen LogP contribution in [-0.2, 0) is 9.59 Å².